The first-order valence-corrected chi connectivity index (χ1v) is 8.33. The Kier molecular flexibility index (Phi) is 5.25. The van der Waals surface area contributed by atoms with Crippen molar-refractivity contribution >= 4 is 5.91 Å². The molecule has 0 aliphatic carbocycles. The molecule has 1 aliphatic heterocycles. The molecule has 2 heterocycles. The zero-order valence-corrected chi connectivity index (χ0v) is 13.8. The van der Waals surface area contributed by atoms with Crippen LogP contribution in [0.3, 0.4) is 0 Å². The highest BCUT2D eigenvalue weighted by Crippen LogP contribution is 2.27. The minimum absolute atomic E-state index is 0.194. The lowest BCUT2D eigenvalue weighted by Crippen LogP contribution is -2.28. The lowest BCUT2D eigenvalue weighted by molar-refractivity contribution is 0.0931. The number of carbonyl (C=O) groups is 1. The number of imidazole rings is 1. The van der Waals surface area contributed by atoms with Crippen molar-refractivity contribution in [1.82, 2.24) is 14.9 Å². The van der Waals surface area contributed by atoms with Crippen LogP contribution in [-0.2, 0) is 17.7 Å². The third-order valence-corrected chi connectivity index (χ3v) is 4.26. The van der Waals surface area contributed by atoms with Gasteiger partial charge in [0.1, 0.15) is 17.3 Å². The maximum atomic E-state index is 13.6. The summed E-state index contributed by atoms with van der Waals surface area (Å²) in [6, 6.07) is 6.37. The molecule has 2 aromatic rings. The summed E-state index contributed by atoms with van der Waals surface area (Å²) in [7, 11) is 1.59. The third kappa shape index (κ3) is 3.48. The summed E-state index contributed by atoms with van der Waals surface area (Å²) in [6.07, 6.45) is 4.01. The summed E-state index contributed by atoms with van der Waals surface area (Å²) >= 11 is 0. The van der Waals surface area contributed by atoms with Crippen LogP contribution in [0.4, 0.5) is 4.39 Å². The van der Waals surface area contributed by atoms with Gasteiger partial charge >= 0.3 is 0 Å². The maximum absolute atomic E-state index is 13.6. The van der Waals surface area contributed by atoms with Crippen molar-refractivity contribution in [3.05, 3.63) is 41.5 Å². The number of hydrogen-bond donors (Lipinski definition) is 1. The number of fused-ring (bicyclic) bond motifs is 1. The first-order chi connectivity index (χ1) is 11.7. The van der Waals surface area contributed by atoms with E-state index in [1.54, 1.807) is 13.2 Å². The largest absolute Gasteiger partial charge is 0.383 e. The fourth-order valence-electron chi connectivity index (χ4n) is 3.10. The van der Waals surface area contributed by atoms with E-state index in [9.17, 15) is 9.18 Å². The number of amides is 1. The van der Waals surface area contributed by atoms with Gasteiger partial charge in [0.15, 0.2) is 0 Å². The average molecular weight is 331 g/mol. The molecule has 0 saturated heterocycles. The summed E-state index contributed by atoms with van der Waals surface area (Å²) in [5.74, 6) is 0.174. The van der Waals surface area contributed by atoms with Gasteiger partial charge in [-0.2, -0.15) is 0 Å². The third-order valence-electron chi connectivity index (χ3n) is 4.26. The molecule has 0 spiro atoms. The Hall–Kier alpha value is -2.21. The van der Waals surface area contributed by atoms with Gasteiger partial charge in [-0.15, -0.1) is 0 Å². The molecule has 24 heavy (non-hydrogen) atoms. The first kappa shape index (κ1) is 16.6. The highest BCUT2D eigenvalue weighted by molar-refractivity contribution is 5.94. The van der Waals surface area contributed by atoms with E-state index in [2.05, 4.69) is 14.9 Å². The minimum Gasteiger partial charge on any atom is -0.383 e. The van der Waals surface area contributed by atoms with E-state index in [-0.39, 0.29) is 11.7 Å². The topological polar surface area (TPSA) is 56.1 Å². The lowest BCUT2D eigenvalue weighted by atomic mass is 10.1. The Morgan fingerprint density at radius 1 is 1.38 bits per heavy atom. The van der Waals surface area contributed by atoms with Crippen LogP contribution in [0.2, 0.25) is 0 Å². The number of nitrogens with zero attached hydrogens (tertiary/aromatic N) is 2. The van der Waals surface area contributed by atoms with E-state index in [4.69, 9.17) is 4.74 Å². The van der Waals surface area contributed by atoms with Gasteiger partial charge in [0.25, 0.3) is 5.91 Å². The predicted molar refractivity (Wildman–Crippen MR) is 89.4 cm³/mol. The summed E-state index contributed by atoms with van der Waals surface area (Å²) in [4.78, 5) is 17.1. The standard InChI is InChI=1S/C18H22FN3O2/c1-24-11-9-20-18(23)16-15-8-3-2-4-10-22(15)17(21-16)13-6-5-7-14(19)12-13/h5-7,12H,2-4,8-11H2,1H3,(H,20,23). The molecule has 0 fully saturated rings. The number of halogens is 1. The Morgan fingerprint density at radius 2 is 2.25 bits per heavy atom. The fraction of sp³-hybridized carbons (Fsp3) is 0.444. The highest BCUT2D eigenvalue weighted by Gasteiger charge is 2.24. The van der Waals surface area contributed by atoms with Crippen LogP contribution in [-0.4, -0.2) is 35.7 Å². The SMILES string of the molecule is COCCNC(=O)c1nc(-c2cccc(F)c2)n2c1CCCCC2. The highest BCUT2D eigenvalue weighted by atomic mass is 19.1. The summed E-state index contributed by atoms with van der Waals surface area (Å²) < 4.78 is 20.6. The molecule has 1 aromatic heterocycles. The van der Waals surface area contributed by atoms with E-state index < -0.39 is 0 Å². The number of carbonyl (C=O) groups excluding carboxylic acids is 1. The van der Waals surface area contributed by atoms with Crippen molar-refractivity contribution in [2.75, 3.05) is 20.3 Å². The van der Waals surface area contributed by atoms with Crippen LogP contribution in [0.5, 0.6) is 0 Å². The van der Waals surface area contributed by atoms with Crippen molar-refractivity contribution in [2.45, 2.75) is 32.2 Å². The number of nitrogens with one attached hydrogen (secondary N) is 1. The second-order valence-electron chi connectivity index (χ2n) is 5.95. The molecular formula is C18H22FN3O2. The first-order valence-electron chi connectivity index (χ1n) is 8.33. The molecule has 1 aliphatic rings. The fourth-order valence-corrected chi connectivity index (χ4v) is 3.10. The van der Waals surface area contributed by atoms with Crippen LogP contribution in [0.15, 0.2) is 24.3 Å². The molecule has 128 valence electrons. The Bertz CT molecular complexity index is 727. The van der Waals surface area contributed by atoms with E-state index in [1.807, 2.05) is 6.07 Å². The zero-order valence-electron chi connectivity index (χ0n) is 13.8. The smallest absolute Gasteiger partial charge is 0.271 e. The van der Waals surface area contributed by atoms with Gasteiger partial charge in [-0.1, -0.05) is 18.6 Å². The quantitative estimate of drug-likeness (QED) is 0.857. The minimum atomic E-state index is -0.301. The van der Waals surface area contributed by atoms with Gasteiger partial charge in [0.2, 0.25) is 0 Å². The van der Waals surface area contributed by atoms with Crippen molar-refractivity contribution in [3.63, 3.8) is 0 Å². The van der Waals surface area contributed by atoms with Crippen molar-refractivity contribution < 1.29 is 13.9 Å². The Balaban J connectivity index is 1.99. The second-order valence-corrected chi connectivity index (χ2v) is 5.95. The van der Waals surface area contributed by atoms with Gasteiger partial charge < -0.3 is 14.6 Å². The molecule has 3 rings (SSSR count). The normalized spacial score (nSPS) is 14.1. The van der Waals surface area contributed by atoms with E-state index in [1.165, 1.54) is 12.1 Å². The molecule has 6 heteroatoms. The predicted octanol–water partition coefficient (Wildman–Crippen LogP) is 2.79. The van der Waals surface area contributed by atoms with Gasteiger partial charge in [-0.05, 0) is 31.4 Å². The molecule has 0 radical (unpaired) electrons. The van der Waals surface area contributed by atoms with Crippen molar-refractivity contribution in [3.8, 4) is 11.4 Å². The Labute approximate surface area is 140 Å². The molecule has 1 N–H and O–H groups in total. The van der Waals surface area contributed by atoms with Gasteiger partial charge in [-0.3, -0.25) is 4.79 Å². The van der Waals surface area contributed by atoms with Crippen molar-refractivity contribution in [1.29, 1.82) is 0 Å². The number of aromatic nitrogens is 2. The van der Waals surface area contributed by atoms with Crippen LogP contribution in [0, 0.1) is 5.82 Å². The van der Waals surface area contributed by atoms with Crippen LogP contribution in [0.1, 0.15) is 35.4 Å². The van der Waals surface area contributed by atoms with Gasteiger partial charge in [0.05, 0.1) is 12.3 Å². The monoisotopic (exact) mass is 331 g/mol. The lowest BCUT2D eigenvalue weighted by Gasteiger charge is -2.09. The zero-order chi connectivity index (χ0) is 16.9. The molecule has 0 saturated carbocycles. The van der Waals surface area contributed by atoms with E-state index >= 15 is 0 Å². The molecule has 0 atom stereocenters. The number of benzene rings is 1. The Morgan fingerprint density at radius 3 is 3.04 bits per heavy atom. The summed E-state index contributed by atoms with van der Waals surface area (Å²) in [5, 5.41) is 2.83. The number of methoxy groups -OCH3 is 1. The number of hydrogen-bond acceptors (Lipinski definition) is 3. The molecular weight excluding hydrogens is 309 g/mol. The second kappa shape index (κ2) is 7.57. The van der Waals surface area contributed by atoms with Crippen LogP contribution >= 0.6 is 0 Å². The van der Waals surface area contributed by atoms with E-state index in [0.717, 1.165) is 37.9 Å². The van der Waals surface area contributed by atoms with Gasteiger partial charge in [-0.25, -0.2) is 9.37 Å². The molecule has 1 aromatic carbocycles. The summed E-state index contributed by atoms with van der Waals surface area (Å²) in [5.41, 5.74) is 2.10. The van der Waals surface area contributed by atoms with E-state index in [0.29, 0.717) is 30.2 Å². The molecule has 0 unspecified atom stereocenters. The molecule has 0 bridgehead atoms. The molecule has 5 nitrogen and oxygen atoms in total. The summed E-state index contributed by atoms with van der Waals surface area (Å²) in [6.45, 7) is 1.70. The number of ether oxygens (including phenoxy) is 1. The average Bonchev–Trinajstić information content (AvgIpc) is 2.76. The maximum Gasteiger partial charge on any atom is 0.271 e. The van der Waals surface area contributed by atoms with Gasteiger partial charge in [0, 0.05) is 25.8 Å². The van der Waals surface area contributed by atoms with Crippen LogP contribution in [0.25, 0.3) is 11.4 Å². The van der Waals surface area contributed by atoms with Crippen molar-refractivity contribution in [2.24, 2.45) is 0 Å². The molecule has 1 amide bonds. The van der Waals surface area contributed by atoms with Crippen LogP contribution < -0.4 is 5.32 Å². The number of rotatable bonds is 5.